The molecule has 0 amide bonds. The number of aryl methyl sites for hydroxylation is 2. The van der Waals surface area contributed by atoms with E-state index in [4.69, 9.17) is 16.3 Å². The van der Waals surface area contributed by atoms with Gasteiger partial charge in [0.05, 0.1) is 13.1 Å². The predicted octanol–water partition coefficient (Wildman–Crippen LogP) is 11.9. The quantitative estimate of drug-likeness (QED) is 0.113. The lowest BCUT2D eigenvalue weighted by atomic mass is 9.87. The van der Waals surface area contributed by atoms with Crippen LogP contribution in [0.5, 0.6) is 5.75 Å². The second kappa shape index (κ2) is 13.0. The maximum atomic E-state index is 7.12. The zero-order chi connectivity index (χ0) is 33.5. The first kappa shape index (κ1) is 33.1. The lowest BCUT2D eigenvalue weighted by Gasteiger charge is -2.35. The average molecular weight is 655 g/mol. The van der Waals surface area contributed by atoms with Gasteiger partial charge in [-0.05, 0) is 90.7 Å². The molecule has 240 valence electrons. The van der Waals surface area contributed by atoms with Gasteiger partial charge in [0.15, 0.2) is 0 Å². The molecule has 1 aliphatic carbocycles. The number of ether oxygens (including phenoxy) is 1. The van der Waals surface area contributed by atoms with Crippen LogP contribution in [0.4, 0.5) is 0 Å². The molecule has 0 saturated heterocycles. The van der Waals surface area contributed by atoms with Gasteiger partial charge in [0.1, 0.15) is 12.4 Å². The van der Waals surface area contributed by atoms with Crippen LogP contribution < -0.4 is 9.92 Å². The molecule has 0 fully saturated rings. The SMILES string of the molecule is C=CCOc1c(Cl)cc(C(C)(C)C)cc1[Si](C)(C)C1c2cc(-c3cccc(CC)c3)ccc2-c2ccc(-c3cccc(CC)c3)cc21. The number of halogens is 1. The van der Waals surface area contributed by atoms with Gasteiger partial charge in [0.25, 0.3) is 0 Å². The van der Waals surface area contributed by atoms with E-state index in [9.17, 15) is 0 Å². The van der Waals surface area contributed by atoms with Gasteiger partial charge in [-0.1, -0.05) is 163 Å². The first-order valence-electron chi connectivity index (χ1n) is 17.0. The lowest BCUT2D eigenvalue weighted by Crippen LogP contribution is -2.49. The molecule has 0 saturated carbocycles. The Morgan fingerprint density at radius 1 is 0.723 bits per heavy atom. The molecule has 0 bridgehead atoms. The van der Waals surface area contributed by atoms with Crippen molar-refractivity contribution in [2.75, 3.05) is 6.61 Å². The van der Waals surface area contributed by atoms with Crippen molar-refractivity contribution in [1.29, 1.82) is 0 Å². The van der Waals surface area contributed by atoms with Crippen LogP contribution in [0.2, 0.25) is 18.1 Å². The highest BCUT2D eigenvalue weighted by Crippen LogP contribution is 2.52. The van der Waals surface area contributed by atoms with Crippen LogP contribution in [-0.4, -0.2) is 14.7 Å². The van der Waals surface area contributed by atoms with Gasteiger partial charge < -0.3 is 4.74 Å². The van der Waals surface area contributed by atoms with E-state index < -0.39 is 8.07 Å². The molecule has 1 nitrogen and oxygen atoms in total. The molecule has 0 N–H and O–H groups in total. The number of fused-ring (bicyclic) bond motifs is 3. The van der Waals surface area contributed by atoms with Crippen molar-refractivity contribution in [3.8, 4) is 39.1 Å². The van der Waals surface area contributed by atoms with Gasteiger partial charge in [0, 0.05) is 5.54 Å². The van der Waals surface area contributed by atoms with Crippen molar-refractivity contribution in [1.82, 2.24) is 0 Å². The summed E-state index contributed by atoms with van der Waals surface area (Å²) in [7, 11) is -2.41. The fraction of sp³-hybridized carbons (Fsp3) is 0.273. The first-order valence-corrected chi connectivity index (χ1v) is 20.5. The van der Waals surface area contributed by atoms with Gasteiger partial charge in [0.2, 0.25) is 0 Å². The van der Waals surface area contributed by atoms with Crippen molar-refractivity contribution < 1.29 is 4.74 Å². The largest absolute Gasteiger partial charge is 0.488 e. The van der Waals surface area contributed by atoms with E-state index in [1.54, 1.807) is 6.08 Å². The monoisotopic (exact) mass is 654 g/mol. The Hall–Kier alpha value is -3.85. The Bertz CT molecular complexity index is 1860. The smallest absolute Gasteiger partial charge is 0.137 e. The molecule has 0 atom stereocenters. The summed E-state index contributed by atoms with van der Waals surface area (Å²) in [6.07, 6.45) is 3.85. The molecule has 0 aromatic heterocycles. The lowest BCUT2D eigenvalue weighted by molar-refractivity contribution is 0.366. The van der Waals surface area contributed by atoms with Crippen molar-refractivity contribution in [3.05, 3.63) is 143 Å². The minimum Gasteiger partial charge on any atom is -0.488 e. The highest BCUT2D eigenvalue weighted by molar-refractivity contribution is 6.92. The molecule has 0 unspecified atom stereocenters. The maximum absolute atomic E-state index is 7.12. The average Bonchev–Trinajstić information content (AvgIpc) is 3.40. The molecule has 0 spiro atoms. The summed E-state index contributed by atoms with van der Waals surface area (Å²) >= 11 is 7.12. The molecule has 5 aromatic rings. The Morgan fingerprint density at radius 3 is 1.70 bits per heavy atom. The van der Waals surface area contributed by atoms with Gasteiger partial charge in [-0.3, -0.25) is 0 Å². The number of hydrogen-bond donors (Lipinski definition) is 0. The van der Waals surface area contributed by atoms with Crippen LogP contribution in [-0.2, 0) is 18.3 Å². The van der Waals surface area contributed by atoms with E-state index >= 15 is 0 Å². The van der Waals surface area contributed by atoms with Crippen molar-refractivity contribution >= 4 is 24.9 Å². The van der Waals surface area contributed by atoms with Gasteiger partial charge in [-0.15, -0.1) is 0 Å². The van der Waals surface area contributed by atoms with Gasteiger partial charge in [-0.25, -0.2) is 0 Å². The van der Waals surface area contributed by atoms with E-state index in [2.05, 4.69) is 151 Å². The zero-order valence-electron chi connectivity index (χ0n) is 29.0. The van der Waals surface area contributed by atoms with E-state index in [0.717, 1.165) is 18.6 Å². The summed E-state index contributed by atoms with van der Waals surface area (Å²) in [6.45, 7) is 20.6. The van der Waals surface area contributed by atoms with Crippen LogP contribution in [0.15, 0.2) is 110 Å². The third-order valence-corrected chi connectivity index (χ3v) is 14.1. The fourth-order valence-corrected chi connectivity index (χ4v) is 11.3. The summed E-state index contributed by atoms with van der Waals surface area (Å²) in [5, 5.41) is 1.95. The normalized spacial score (nSPS) is 12.9. The standard InChI is InChI=1S/C44H47ClOSi/c1-9-22-46-42-40(45)27-35(44(4,5)6)28-41(42)47(7,8)43-38-25-33(31-16-12-14-29(10-2)23-31)18-20-36(38)37-21-19-34(26-39(37)43)32-17-13-15-30(11-3)24-32/h9,12-21,23-28,43H,1,10-11,22H2,2-8H3. The van der Waals surface area contributed by atoms with Crippen molar-refractivity contribution in [2.45, 2.75) is 71.5 Å². The Kier molecular flexibility index (Phi) is 9.13. The fourth-order valence-electron chi connectivity index (χ4n) is 7.29. The zero-order valence-corrected chi connectivity index (χ0v) is 30.8. The van der Waals surface area contributed by atoms with E-state index in [-0.39, 0.29) is 11.0 Å². The highest BCUT2D eigenvalue weighted by atomic mass is 35.5. The van der Waals surface area contributed by atoms with Crippen LogP contribution in [0.3, 0.4) is 0 Å². The minimum atomic E-state index is -2.41. The third-order valence-electron chi connectivity index (χ3n) is 10.0. The molecule has 1 aliphatic rings. The molecular formula is C44H47ClOSi. The summed E-state index contributed by atoms with van der Waals surface area (Å²) in [6, 6.07) is 36.8. The minimum absolute atomic E-state index is 0.0553. The summed E-state index contributed by atoms with van der Waals surface area (Å²) in [5.74, 6) is 0.810. The molecule has 0 aliphatic heterocycles. The van der Waals surface area contributed by atoms with Crippen molar-refractivity contribution in [2.24, 2.45) is 0 Å². The highest BCUT2D eigenvalue weighted by Gasteiger charge is 2.44. The predicted molar refractivity (Wildman–Crippen MR) is 206 cm³/mol. The molecular weight excluding hydrogens is 608 g/mol. The van der Waals surface area contributed by atoms with E-state index in [0.29, 0.717) is 11.6 Å². The summed E-state index contributed by atoms with van der Waals surface area (Å²) in [5.41, 5.74) is 14.6. The summed E-state index contributed by atoms with van der Waals surface area (Å²) in [4.78, 5) is 0. The van der Waals surface area contributed by atoms with Crippen molar-refractivity contribution in [3.63, 3.8) is 0 Å². The van der Waals surface area contributed by atoms with Crippen LogP contribution in [0, 0.1) is 0 Å². The van der Waals surface area contributed by atoms with Crippen LogP contribution >= 0.6 is 11.6 Å². The van der Waals surface area contributed by atoms with Gasteiger partial charge in [-0.2, -0.15) is 0 Å². The Morgan fingerprint density at radius 2 is 1.23 bits per heavy atom. The number of benzene rings is 5. The van der Waals surface area contributed by atoms with Gasteiger partial charge >= 0.3 is 0 Å². The molecule has 6 rings (SSSR count). The Balaban J connectivity index is 1.61. The molecule has 5 aromatic carbocycles. The van der Waals surface area contributed by atoms with Crippen LogP contribution in [0.1, 0.15) is 68.0 Å². The van der Waals surface area contributed by atoms with Crippen LogP contribution in [0.25, 0.3) is 33.4 Å². The number of rotatable bonds is 9. The molecule has 0 radical (unpaired) electrons. The van der Waals surface area contributed by atoms with E-state index in [1.165, 1.54) is 66.4 Å². The second-order valence-corrected chi connectivity index (χ2v) is 19.5. The molecule has 47 heavy (non-hydrogen) atoms. The summed E-state index contributed by atoms with van der Waals surface area (Å²) < 4.78 is 6.43. The van der Waals surface area contributed by atoms with E-state index in [1.807, 2.05) is 0 Å². The molecule has 3 heteroatoms. The molecule has 0 heterocycles. The maximum Gasteiger partial charge on any atom is 0.137 e. The number of hydrogen-bond acceptors (Lipinski definition) is 1. The Labute approximate surface area is 288 Å². The first-order chi connectivity index (χ1) is 22.5. The third kappa shape index (κ3) is 6.26. The topological polar surface area (TPSA) is 9.23 Å². The second-order valence-electron chi connectivity index (χ2n) is 14.6.